The monoisotopic (exact) mass is 281 g/mol. The van der Waals surface area contributed by atoms with Crippen LogP contribution in [-0.4, -0.2) is 18.8 Å². The molecule has 1 aromatic carbocycles. The summed E-state index contributed by atoms with van der Waals surface area (Å²) in [6.07, 6.45) is -6.86. The summed E-state index contributed by atoms with van der Waals surface area (Å²) in [7, 11) is 0. The van der Waals surface area contributed by atoms with Crippen LogP contribution in [0.15, 0.2) is 30.3 Å². The Bertz CT molecular complexity index is 425. The van der Waals surface area contributed by atoms with Crippen LogP contribution in [-0.2, 0) is 0 Å². The van der Waals surface area contributed by atoms with Crippen molar-refractivity contribution in [3.05, 3.63) is 35.9 Å². The highest BCUT2D eigenvalue weighted by molar-refractivity contribution is 5.50. The van der Waals surface area contributed by atoms with Gasteiger partial charge in [-0.15, -0.1) is 0 Å². The number of ether oxygens (including phenoxy) is 1. The van der Waals surface area contributed by atoms with Crippen LogP contribution in [0.1, 0.15) is 12.0 Å². The van der Waals surface area contributed by atoms with Crippen LogP contribution in [0.4, 0.5) is 22.0 Å². The van der Waals surface area contributed by atoms with E-state index in [2.05, 4.69) is 4.74 Å². The van der Waals surface area contributed by atoms with E-state index in [1.807, 2.05) is 0 Å². The molecule has 1 rings (SSSR count). The molecule has 0 spiro atoms. The molecule has 0 saturated carbocycles. The smallest absolute Gasteiger partial charge is 0.426 e. The highest BCUT2D eigenvalue weighted by Crippen LogP contribution is 2.37. The summed E-state index contributed by atoms with van der Waals surface area (Å²) in [4.78, 5) is 0. The molecule has 0 aromatic heterocycles. The zero-order valence-corrected chi connectivity index (χ0v) is 9.75. The molecule has 0 bridgehead atoms. The molecule has 7 heteroatoms. The molecule has 0 saturated heterocycles. The van der Waals surface area contributed by atoms with Gasteiger partial charge in [-0.05, 0) is 30.7 Å². The summed E-state index contributed by atoms with van der Waals surface area (Å²) in [6.45, 7) is 0.468. The molecule has 19 heavy (non-hydrogen) atoms. The minimum Gasteiger partial charge on any atom is -0.426 e. The molecule has 0 aliphatic heterocycles. The lowest BCUT2D eigenvalue weighted by Crippen LogP contribution is -2.41. The third kappa shape index (κ3) is 4.51. The Morgan fingerprint density at radius 3 is 2.11 bits per heavy atom. The van der Waals surface area contributed by atoms with Gasteiger partial charge in [0, 0.05) is 0 Å². The first-order valence-electron chi connectivity index (χ1n) is 5.36. The van der Waals surface area contributed by atoms with Crippen molar-refractivity contribution in [2.75, 3.05) is 6.54 Å². The van der Waals surface area contributed by atoms with Crippen LogP contribution < -0.4 is 10.5 Å². The fourth-order valence-corrected chi connectivity index (χ4v) is 1.17. The van der Waals surface area contributed by atoms with Crippen molar-refractivity contribution in [2.45, 2.75) is 18.7 Å². The summed E-state index contributed by atoms with van der Waals surface area (Å²) >= 11 is 0. The maximum absolute atomic E-state index is 12.6. The summed E-state index contributed by atoms with van der Waals surface area (Å²) < 4.78 is 64.5. The van der Waals surface area contributed by atoms with Crippen LogP contribution in [0, 0.1) is 0 Å². The second-order valence-electron chi connectivity index (χ2n) is 3.67. The van der Waals surface area contributed by atoms with Crippen LogP contribution in [0.25, 0.3) is 6.08 Å². The number of nitrogens with two attached hydrogens (primary N) is 1. The van der Waals surface area contributed by atoms with E-state index in [0.29, 0.717) is 18.5 Å². The van der Waals surface area contributed by atoms with Crippen LogP contribution in [0.5, 0.6) is 5.75 Å². The standard InChI is InChI=1S/C12H12F5NO/c13-11(14,15)12(16,17)19-10-6-4-9(5-7-10)3-1-2-8-18/h1,3-7H,2,8,18H2. The molecule has 0 radical (unpaired) electrons. The Hall–Kier alpha value is -1.63. The molecule has 0 aliphatic rings. The molecule has 2 nitrogen and oxygen atoms in total. The van der Waals surface area contributed by atoms with Crippen LogP contribution in [0.2, 0.25) is 0 Å². The third-order valence-electron chi connectivity index (χ3n) is 2.10. The Balaban J connectivity index is 2.72. The van der Waals surface area contributed by atoms with E-state index in [4.69, 9.17) is 5.73 Å². The molecule has 0 atom stereocenters. The lowest BCUT2D eigenvalue weighted by atomic mass is 10.2. The first-order chi connectivity index (χ1) is 8.76. The topological polar surface area (TPSA) is 35.2 Å². The van der Waals surface area contributed by atoms with Gasteiger partial charge in [-0.3, -0.25) is 0 Å². The predicted octanol–water partition coefficient (Wildman–Crippen LogP) is 3.58. The highest BCUT2D eigenvalue weighted by Gasteiger charge is 2.61. The predicted molar refractivity (Wildman–Crippen MR) is 60.8 cm³/mol. The molecule has 0 heterocycles. The Morgan fingerprint density at radius 1 is 1.05 bits per heavy atom. The molecule has 0 amide bonds. The van der Waals surface area contributed by atoms with E-state index in [0.717, 1.165) is 12.1 Å². The highest BCUT2D eigenvalue weighted by atomic mass is 19.4. The first kappa shape index (κ1) is 15.4. The second kappa shape index (κ2) is 6.01. The van der Waals surface area contributed by atoms with Gasteiger partial charge in [0.15, 0.2) is 0 Å². The normalized spacial score (nSPS) is 12.9. The average molecular weight is 281 g/mol. The number of hydrogen-bond acceptors (Lipinski definition) is 2. The zero-order valence-electron chi connectivity index (χ0n) is 9.75. The third-order valence-corrected chi connectivity index (χ3v) is 2.10. The van der Waals surface area contributed by atoms with Gasteiger partial charge in [0.25, 0.3) is 0 Å². The van der Waals surface area contributed by atoms with Crippen molar-refractivity contribution in [3.63, 3.8) is 0 Å². The molecule has 2 N–H and O–H groups in total. The van der Waals surface area contributed by atoms with E-state index in [1.165, 1.54) is 12.1 Å². The first-order valence-corrected chi connectivity index (χ1v) is 5.36. The summed E-state index contributed by atoms with van der Waals surface area (Å²) in [5.74, 6) is -0.557. The van der Waals surface area contributed by atoms with Crippen molar-refractivity contribution >= 4 is 6.08 Å². The summed E-state index contributed by atoms with van der Waals surface area (Å²) in [5, 5.41) is 0. The second-order valence-corrected chi connectivity index (χ2v) is 3.67. The van der Waals surface area contributed by atoms with Crippen molar-refractivity contribution < 1.29 is 26.7 Å². The lowest BCUT2D eigenvalue weighted by Gasteiger charge is -2.20. The van der Waals surface area contributed by atoms with Crippen LogP contribution in [0.3, 0.4) is 0 Å². The summed E-state index contributed by atoms with van der Waals surface area (Å²) in [6, 6.07) is 4.83. The van der Waals surface area contributed by atoms with Gasteiger partial charge in [0.2, 0.25) is 0 Å². The Morgan fingerprint density at radius 2 is 1.63 bits per heavy atom. The minimum absolute atomic E-state index is 0.468. The molecule has 0 unspecified atom stereocenters. The maximum Gasteiger partial charge on any atom is 0.499 e. The van der Waals surface area contributed by atoms with E-state index in [9.17, 15) is 22.0 Å². The molecule has 0 fully saturated rings. The number of halogens is 5. The molecule has 1 aromatic rings. The molecule has 0 aliphatic carbocycles. The maximum atomic E-state index is 12.6. The van der Waals surface area contributed by atoms with Gasteiger partial charge in [-0.2, -0.15) is 22.0 Å². The fourth-order valence-electron chi connectivity index (χ4n) is 1.17. The number of hydrogen-bond donors (Lipinski definition) is 1. The van der Waals surface area contributed by atoms with E-state index in [1.54, 1.807) is 12.2 Å². The van der Waals surface area contributed by atoms with Crippen molar-refractivity contribution in [3.8, 4) is 5.75 Å². The average Bonchev–Trinajstić information content (AvgIpc) is 2.30. The van der Waals surface area contributed by atoms with Crippen molar-refractivity contribution in [1.29, 1.82) is 0 Å². The van der Waals surface area contributed by atoms with E-state index >= 15 is 0 Å². The van der Waals surface area contributed by atoms with Gasteiger partial charge in [-0.1, -0.05) is 24.3 Å². The molecular formula is C12H12F5NO. The van der Waals surface area contributed by atoms with E-state index < -0.39 is 18.0 Å². The van der Waals surface area contributed by atoms with Gasteiger partial charge < -0.3 is 10.5 Å². The quantitative estimate of drug-likeness (QED) is 0.837. The minimum atomic E-state index is -5.74. The Labute approximate surface area is 106 Å². The van der Waals surface area contributed by atoms with Crippen LogP contribution >= 0.6 is 0 Å². The largest absolute Gasteiger partial charge is 0.499 e. The summed E-state index contributed by atoms with van der Waals surface area (Å²) in [5.41, 5.74) is 5.91. The van der Waals surface area contributed by atoms with Crippen molar-refractivity contribution in [2.24, 2.45) is 5.73 Å². The van der Waals surface area contributed by atoms with E-state index in [-0.39, 0.29) is 0 Å². The fraction of sp³-hybridized carbons (Fsp3) is 0.333. The Kier molecular flexibility index (Phi) is 4.88. The van der Waals surface area contributed by atoms with Gasteiger partial charge in [0.1, 0.15) is 5.75 Å². The lowest BCUT2D eigenvalue weighted by molar-refractivity contribution is -0.360. The number of rotatable bonds is 5. The molecule has 106 valence electrons. The van der Waals surface area contributed by atoms with Gasteiger partial charge in [0.05, 0.1) is 0 Å². The van der Waals surface area contributed by atoms with Crippen molar-refractivity contribution in [1.82, 2.24) is 0 Å². The van der Waals surface area contributed by atoms with Gasteiger partial charge in [-0.25, -0.2) is 0 Å². The SMILES string of the molecule is NCCC=Cc1ccc(OC(F)(F)C(F)(F)F)cc1. The number of benzene rings is 1. The number of alkyl halides is 5. The van der Waals surface area contributed by atoms with Gasteiger partial charge >= 0.3 is 12.3 Å². The molecular weight excluding hydrogens is 269 g/mol. The zero-order chi connectivity index (χ0) is 14.5.